The molecule has 10 nitrogen and oxygen atoms in total. The quantitative estimate of drug-likeness (QED) is 0.564. The highest BCUT2D eigenvalue weighted by Crippen LogP contribution is 2.27. The molecule has 2 fully saturated rings. The van der Waals surface area contributed by atoms with Gasteiger partial charge in [0.15, 0.2) is 11.9 Å². The maximum Gasteiger partial charge on any atom is 0.263 e. The Morgan fingerprint density at radius 1 is 1.03 bits per heavy atom. The zero-order valence-corrected chi connectivity index (χ0v) is 19.0. The number of benzene rings is 1. The summed E-state index contributed by atoms with van der Waals surface area (Å²) in [6.45, 7) is 6.38. The molecule has 0 radical (unpaired) electrons. The molecule has 0 spiro atoms. The van der Waals surface area contributed by atoms with Gasteiger partial charge in [-0.3, -0.25) is 4.79 Å². The van der Waals surface area contributed by atoms with E-state index in [0.29, 0.717) is 18.0 Å². The van der Waals surface area contributed by atoms with Crippen LogP contribution in [0.4, 0.5) is 5.95 Å². The number of tetrazole rings is 1. The highest BCUT2D eigenvalue weighted by molar-refractivity contribution is 5.83. The lowest BCUT2D eigenvalue weighted by atomic mass is 10.0. The molecule has 33 heavy (non-hydrogen) atoms. The molecule has 172 valence electrons. The Hall–Kier alpha value is -3.56. The van der Waals surface area contributed by atoms with Crippen molar-refractivity contribution in [2.45, 2.75) is 51.7 Å². The summed E-state index contributed by atoms with van der Waals surface area (Å²) in [6, 6.07) is 7.73. The number of rotatable bonds is 6. The molecule has 0 aliphatic carbocycles. The summed E-state index contributed by atoms with van der Waals surface area (Å²) in [7, 11) is 0. The lowest BCUT2D eigenvalue weighted by molar-refractivity contribution is -0.135. The highest BCUT2D eigenvalue weighted by Gasteiger charge is 2.38. The minimum Gasteiger partial charge on any atom is -0.481 e. The molecule has 4 heterocycles. The number of hydrogen-bond donors (Lipinski definition) is 0. The summed E-state index contributed by atoms with van der Waals surface area (Å²) in [4.78, 5) is 26.3. The molecule has 2 aliphatic rings. The number of anilines is 1. The lowest BCUT2D eigenvalue weighted by Gasteiger charge is -2.36. The lowest BCUT2D eigenvalue weighted by Crippen LogP contribution is -2.47. The molecule has 0 N–H and O–H groups in total. The number of piperidine rings is 1. The number of aromatic nitrogens is 6. The van der Waals surface area contributed by atoms with Gasteiger partial charge in [0.05, 0.1) is 5.69 Å². The smallest absolute Gasteiger partial charge is 0.263 e. The van der Waals surface area contributed by atoms with Crippen LogP contribution >= 0.6 is 0 Å². The third kappa shape index (κ3) is 4.37. The van der Waals surface area contributed by atoms with Crippen LogP contribution < -0.4 is 9.64 Å². The number of nitrogens with zero attached hydrogens (tertiary/aromatic N) is 8. The van der Waals surface area contributed by atoms with Crippen molar-refractivity contribution in [1.82, 2.24) is 35.1 Å². The van der Waals surface area contributed by atoms with Gasteiger partial charge in [-0.05, 0) is 66.4 Å². The van der Waals surface area contributed by atoms with Crippen molar-refractivity contribution < 1.29 is 9.53 Å². The topological polar surface area (TPSA) is 102 Å². The van der Waals surface area contributed by atoms with Crippen LogP contribution in [0.3, 0.4) is 0 Å². The Balaban J connectivity index is 1.16. The molecule has 10 heteroatoms. The normalized spacial score (nSPS) is 19.3. The fourth-order valence-corrected chi connectivity index (χ4v) is 4.52. The Bertz CT molecular complexity index is 1090. The van der Waals surface area contributed by atoms with Crippen molar-refractivity contribution in [3.05, 3.63) is 48.0 Å². The first-order valence-electron chi connectivity index (χ1n) is 11.5. The molecule has 0 unspecified atom stereocenters. The van der Waals surface area contributed by atoms with Crippen molar-refractivity contribution in [2.24, 2.45) is 0 Å². The van der Waals surface area contributed by atoms with Crippen LogP contribution in [0.1, 0.15) is 37.6 Å². The molecule has 0 saturated carbocycles. The van der Waals surface area contributed by atoms with Gasteiger partial charge in [-0.1, -0.05) is 6.92 Å². The maximum absolute atomic E-state index is 13.1. The molecule has 1 amide bonds. The van der Waals surface area contributed by atoms with E-state index < -0.39 is 6.10 Å². The first-order chi connectivity index (χ1) is 16.1. The van der Waals surface area contributed by atoms with Gasteiger partial charge in [-0.25, -0.2) is 9.97 Å². The number of aryl methyl sites for hydroxylation is 2. The van der Waals surface area contributed by atoms with E-state index in [4.69, 9.17) is 4.74 Å². The number of carbonyl (C=O) groups is 1. The van der Waals surface area contributed by atoms with Gasteiger partial charge in [0.1, 0.15) is 5.75 Å². The van der Waals surface area contributed by atoms with Crippen LogP contribution in [-0.4, -0.2) is 72.8 Å². The monoisotopic (exact) mass is 448 g/mol. The van der Waals surface area contributed by atoms with E-state index in [2.05, 4.69) is 37.3 Å². The third-order valence-corrected chi connectivity index (χ3v) is 6.46. The molecule has 1 aromatic carbocycles. The van der Waals surface area contributed by atoms with Gasteiger partial charge in [-0.2, -0.15) is 4.68 Å². The average molecular weight is 449 g/mol. The molecular weight excluding hydrogens is 420 g/mol. The zero-order chi connectivity index (χ0) is 22.8. The van der Waals surface area contributed by atoms with Gasteiger partial charge in [0.2, 0.25) is 5.95 Å². The Morgan fingerprint density at radius 2 is 1.76 bits per heavy atom. The van der Waals surface area contributed by atoms with Crippen LogP contribution in [0.5, 0.6) is 5.75 Å². The number of ether oxygens (including phenoxy) is 1. The predicted molar refractivity (Wildman–Crippen MR) is 121 cm³/mol. The molecule has 2 aliphatic heterocycles. The minimum absolute atomic E-state index is 0.0809. The van der Waals surface area contributed by atoms with Crippen molar-refractivity contribution in [1.29, 1.82) is 0 Å². The fraction of sp³-hybridized carbons (Fsp3) is 0.478. The van der Waals surface area contributed by atoms with E-state index in [0.717, 1.165) is 56.1 Å². The third-order valence-electron chi connectivity index (χ3n) is 6.46. The maximum atomic E-state index is 13.1. The van der Waals surface area contributed by atoms with E-state index >= 15 is 0 Å². The van der Waals surface area contributed by atoms with Crippen molar-refractivity contribution in [3.63, 3.8) is 0 Å². The van der Waals surface area contributed by atoms with E-state index in [9.17, 15) is 4.79 Å². The minimum atomic E-state index is -0.437. The highest BCUT2D eigenvalue weighted by atomic mass is 16.5. The van der Waals surface area contributed by atoms with E-state index in [1.165, 1.54) is 0 Å². The summed E-state index contributed by atoms with van der Waals surface area (Å²) >= 11 is 0. The second-order valence-electron chi connectivity index (χ2n) is 8.52. The Kier molecular flexibility index (Phi) is 5.89. The van der Waals surface area contributed by atoms with Gasteiger partial charge < -0.3 is 14.5 Å². The summed E-state index contributed by atoms with van der Waals surface area (Å²) in [5.74, 6) is 2.24. The summed E-state index contributed by atoms with van der Waals surface area (Å²) in [5.41, 5.74) is 1.99. The first kappa shape index (κ1) is 21.3. The summed E-state index contributed by atoms with van der Waals surface area (Å²) in [6.07, 6.45) is 6.83. The SMILES string of the molecule is CCc1cnc(N2CCC(N3CC[C@H](Oc4ccc(-n5nnnc5C)cc4)C3=O)CC2)nc1. The summed E-state index contributed by atoms with van der Waals surface area (Å²) in [5, 5.41) is 11.5. The molecule has 1 atom stereocenters. The van der Waals surface area contributed by atoms with Crippen LogP contribution in [-0.2, 0) is 11.2 Å². The largest absolute Gasteiger partial charge is 0.481 e. The molecule has 5 rings (SSSR count). The van der Waals surface area contributed by atoms with Gasteiger partial charge >= 0.3 is 0 Å². The van der Waals surface area contributed by atoms with Gasteiger partial charge in [0, 0.05) is 44.5 Å². The van der Waals surface area contributed by atoms with Gasteiger partial charge in [-0.15, -0.1) is 5.10 Å². The summed E-state index contributed by atoms with van der Waals surface area (Å²) < 4.78 is 7.70. The van der Waals surface area contributed by atoms with Crippen LogP contribution in [0.25, 0.3) is 5.69 Å². The van der Waals surface area contributed by atoms with Crippen molar-refractivity contribution >= 4 is 11.9 Å². The van der Waals surface area contributed by atoms with Crippen LogP contribution in [0, 0.1) is 6.92 Å². The van der Waals surface area contributed by atoms with Crippen LogP contribution in [0.2, 0.25) is 0 Å². The van der Waals surface area contributed by atoms with Crippen molar-refractivity contribution in [2.75, 3.05) is 24.5 Å². The zero-order valence-electron chi connectivity index (χ0n) is 19.0. The number of amides is 1. The number of likely N-dealkylation sites (tertiary alicyclic amines) is 1. The standard InChI is InChI=1S/C23H28N8O2/c1-3-17-14-24-23(25-15-17)29-11-8-18(9-12-29)30-13-10-21(22(30)32)33-20-6-4-19(5-7-20)31-16(2)26-27-28-31/h4-7,14-15,18,21H,3,8-13H2,1-2H3/t21-/m0/s1. The molecule has 3 aromatic rings. The molecule has 2 aromatic heterocycles. The second kappa shape index (κ2) is 9.13. The van der Waals surface area contributed by atoms with Gasteiger partial charge in [0.25, 0.3) is 5.91 Å². The molecule has 0 bridgehead atoms. The predicted octanol–water partition coefficient (Wildman–Crippen LogP) is 1.97. The first-order valence-corrected chi connectivity index (χ1v) is 11.5. The number of carbonyl (C=O) groups excluding carboxylic acids is 1. The average Bonchev–Trinajstić information content (AvgIpc) is 3.45. The Morgan fingerprint density at radius 3 is 2.39 bits per heavy atom. The number of hydrogen-bond acceptors (Lipinski definition) is 8. The van der Waals surface area contributed by atoms with E-state index in [-0.39, 0.29) is 11.9 Å². The van der Waals surface area contributed by atoms with E-state index in [1.807, 2.05) is 48.5 Å². The Labute approximate surface area is 192 Å². The van der Waals surface area contributed by atoms with Crippen LogP contribution in [0.15, 0.2) is 36.7 Å². The fourth-order valence-electron chi connectivity index (χ4n) is 4.52. The molecule has 2 saturated heterocycles. The van der Waals surface area contributed by atoms with Crippen molar-refractivity contribution in [3.8, 4) is 11.4 Å². The molecular formula is C23H28N8O2. The second-order valence-corrected chi connectivity index (χ2v) is 8.52. The van der Waals surface area contributed by atoms with E-state index in [1.54, 1.807) is 4.68 Å².